The van der Waals surface area contributed by atoms with Gasteiger partial charge in [-0.3, -0.25) is 14.8 Å². The Morgan fingerprint density at radius 1 is 1.28 bits per heavy atom. The van der Waals surface area contributed by atoms with Gasteiger partial charge in [0.2, 0.25) is 0 Å². The highest BCUT2D eigenvalue weighted by molar-refractivity contribution is 6.34. The van der Waals surface area contributed by atoms with Gasteiger partial charge in [-0.15, -0.1) is 0 Å². The van der Waals surface area contributed by atoms with Crippen molar-refractivity contribution in [3.8, 4) is 0 Å². The zero-order chi connectivity index (χ0) is 17.6. The summed E-state index contributed by atoms with van der Waals surface area (Å²) in [6.07, 6.45) is 9.30. The van der Waals surface area contributed by atoms with E-state index in [0.717, 1.165) is 24.5 Å². The van der Waals surface area contributed by atoms with Crippen LogP contribution in [0.25, 0.3) is 0 Å². The first-order valence-electron chi connectivity index (χ1n) is 8.74. The first-order chi connectivity index (χ1) is 12.1. The molecule has 0 saturated carbocycles. The predicted molar refractivity (Wildman–Crippen MR) is 100 cm³/mol. The minimum atomic E-state index is -0.153. The molecule has 1 aromatic heterocycles. The van der Waals surface area contributed by atoms with Crippen LogP contribution in [-0.2, 0) is 6.42 Å². The van der Waals surface area contributed by atoms with Crippen molar-refractivity contribution < 1.29 is 4.79 Å². The molecule has 1 aliphatic rings. The van der Waals surface area contributed by atoms with Gasteiger partial charge in [0, 0.05) is 49.8 Å². The summed E-state index contributed by atoms with van der Waals surface area (Å²) in [7, 11) is 0. The number of carbonyl (C=O) groups is 1. The van der Waals surface area contributed by atoms with Gasteiger partial charge in [0.1, 0.15) is 0 Å². The van der Waals surface area contributed by atoms with Crippen molar-refractivity contribution in [1.29, 1.82) is 0 Å². The molecule has 0 radical (unpaired) electrons. The Bertz CT molecular complexity index is 717. The Labute approximate surface area is 153 Å². The first kappa shape index (κ1) is 17.7. The average Bonchev–Trinajstić information content (AvgIpc) is 2.63. The maximum atomic E-state index is 12.7. The lowest BCUT2D eigenvalue weighted by atomic mass is 10.1. The van der Waals surface area contributed by atoms with Crippen molar-refractivity contribution >= 4 is 23.2 Å². The molecule has 1 saturated heterocycles. The van der Waals surface area contributed by atoms with E-state index in [1.165, 1.54) is 19.3 Å². The monoisotopic (exact) mass is 358 g/mol. The first-order valence-corrected chi connectivity index (χ1v) is 9.11. The maximum absolute atomic E-state index is 12.7. The standard InChI is InChI=1S/C19H23ClN4O/c1-14(11-15-13-21-7-8-22-15)23-19(25)17-12-16(5-6-18(17)20)24-9-3-2-4-10-24/h5-8,12-14H,2-4,9-11H2,1H3,(H,23,25)/t14-/m0/s1. The van der Waals surface area contributed by atoms with Gasteiger partial charge in [0.25, 0.3) is 5.91 Å². The van der Waals surface area contributed by atoms with Gasteiger partial charge in [-0.2, -0.15) is 0 Å². The molecule has 5 nitrogen and oxygen atoms in total. The zero-order valence-corrected chi connectivity index (χ0v) is 15.2. The molecule has 2 aromatic rings. The molecule has 0 bridgehead atoms. The van der Waals surface area contributed by atoms with Crippen molar-refractivity contribution in [2.75, 3.05) is 18.0 Å². The summed E-state index contributed by atoms with van der Waals surface area (Å²) in [5, 5.41) is 3.48. The van der Waals surface area contributed by atoms with Crippen LogP contribution < -0.4 is 10.2 Å². The second-order valence-corrected chi connectivity index (χ2v) is 6.89. The van der Waals surface area contributed by atoms with Gasteiger partial charge in [-0.25, -0.2) is 0 Å². The zero-order valence-electron chi connectivity index (χ0n) is 14.4. The molecule has 25 heavy (non-hydrogen) atoms. The van der Waals surface area contributed by atoms with Crippen molar-refractivity contribution in [3.05, 3.63) is 53.1 Å². The molecule has 2 heterocycles. The Balaban J connectivity index is 1.68. The molecule has 3 rings (SSSR count). The summed E-state index contributed by atoms with van der Waals surface area (Å²) in [5.74, 6) is -0.153. The largest absolute Gasteiger partial charge is 0.372 e. The average molecular weight is 359 g/mol. The number of nitrogens with one attached hydrogen (secondary N) is 1. The lowest BCUT2D eigenvalue weighted by Crippen LogP contribution is -2.35. The summed E-state index contributed by atoms with van der Waals surface area (Å²) in [4.78, 5) is 23.3. The molecule has 0 unspecified atom stereocenters. The van der Waals surface area contributed by atoms with Crippen LogP contribution in [0.3, 0.4) is 0 Å². The van der Waals surface area contributed by atoms with Crippen molar-refractivity contribution in [2.24, 2.45) is 0 Å². The Morgan fingerprint density at radius 2 is 2.08 bits per heavy atom. The van der Waals surface area contributed by atoms with Crippen molar-refractivity contribution in [3.63, 3.8) is 0 Å². The molecule has 1 fully saturated rings. The Kier molecular flexibility index (Phi) is 5.87. The van der Waals surface area contributed by atoms with E-state index in [9.17, 15) is 4.79 Å². The van der Waals surface area contributed by atoms with E-state index in [0.29, 0.717) is 17.0 Å². The molecule has 6 heteroatoms. The SMILES string of the molecule is C[C@@H](Cc1cnccn1)NC(=O)c1cc(N2CCCCC2)ccc1Cl. The van der Waals surface area contributed by atoms with E-state index in [4.69, 9.17) is 11.6 Å². The normalized spacial score (nSPS) is 15.7. The Hall–Kier alpha value is -2.14. The highest BCUT2D eigenvalue weighted by atomic mass is 35.5. The summed E-state index contributed by atoms with van der Waals surface area (Å²) in [6, 6.07) is 5.65. The third kappa shape index (κ3) is 4.69. The fraction of sp³-hybridized carbons (Fsp3) is 0.421. The van der Waals surface area contributed by atoms with Crippen LogP contribution in [0.15, 0.2) is 36.8 Å². The number of aromatic nitrogens is 2. The van der Waals surface area contributed by atoms with E-state index in [1.54, 1.807) is 18.6 Å². The number of rotatable bonds is 5. The summed E-state index contributed by atoms with van der Waals surface area (Å²) < 4.78 is 0. The lowest BCUT2D eigenvalue weighted by Gasteiger charge is -2.29. The van der Waals surface area contributed by atoms with Crippen LogP contribution in [-0.4, -0.2) is 35.0 Å². The number of carbonyl (C=O) groups excluding carboxylic acids is 1. The summed E-state index contributed by atoms with van der Waals surface area (Å²) in [5.41, 5.74) is 2.44. The molecule has 1 atom stereocenters. The molecular weight excluding hydrogens is 336 g/mol. The van der Waals surface area contributed by atoms with Gasteiger partial charge in [0.15, 0.2) is 0 Å². The van der Waals surface area contributed by atoms with Crippen LogP contribution in [0.4, 0.5) is 5.69 Å². The second-order valence-electron chi connectivity index (χ2n) is 6.49. The highest BCUT2D eigenvalue weighted by Crippen LogP contribution is 2.25. The van der Waals surface area contributed by atoms with E-state index in [2.05, 4.69) is 20.2 Å². The molecule has 0 aliphatic carbocycles. The lowest BCUT2D eigenvalue weighted by molar-refractivity contribution is 0.0940. The van der Waals surface area contributed by atoms with E-state index in [-0.39, 0.29) is 11.9 Å². The quantitative estimate of drug-likeness (QED) is 0.889. The molecule has 1 amide bonds. The predicted octanol–water partition coefficient (Wildman–Crippen LogP) is 3.48. The van der Waals surface area contributed by atoms with Crippen LogP contribution in [0.2, 0.25) is 5.02 Å². The smallest absolute Gasteiger partial charge is 0.253 e. The third-order valence-electron chi connectivity index (χ3n) is 4.43. The molecule has 1 aliphatic heterocycles. The van der Waals surface area contributed by atoms with Crippen molar-refractivity contribution in [1.82, 2.24) is 15.3 Å². The van der Waals surface area contributed by atoms with E-state index < -0.39 is 0 Å². The minimum absolute atomic E-state index is 0.0566. The van der Waals surface area contributed by atoms with E-state index >= 15 is 0 Å². The molecule has 132 valence electrons. The van der Waals surface area contributed by atoms with Gasteiger partial charge in [0.05, 0.1) is 16.3 Å². The number of piperidine rings is 1. The fourth-order valence-corrected chi connectivity index (χ4v) is 3.34. The van der Waals surface area contributed by atoms with Gasteiger partial charge in [-0.05, 0) is 44.4 Å². The Morgan fingerprint density at radius 3 is 2.80 bits per heavy atom. The molecule has 1 aromatic carbocycles. The van der Waals surface area contributed by atoms with Gasteiger partial charge >= 0.3 is 0 Å². The molecule has 1 N–H and O–H groups in total. The van der Waals surface area contributed by atoms with Crippen LogP contribution >= 0.6 is 11.6 Å². The second kappa shape index (κ2) is 8.30. The summed E-state index contributed by atoms with van der Waals surface area (Å²) >= 11 is 6.27. The highest BCUT2D eigenvalue weighted by Gasteiger charge is 2.17. The maximum Gasteiger partial charge on any atom is 0.253 e. The van der Waals surface area contributed by atoms with Crippen molar-refractivity contribution in [2.45, 2.75) is 38.6 Å². The number of amides is 1. The minimum Gasteiger partial charge on any atom is -0.372 e. The van der Waals surface area contributed by atoms with Crippen LogP contribution in [0.1, 0.15) is 42.2 Å². The molecule has 0 spiro atoms. The number of halogens is 1. The number of hydrogen-bond acceptors (Lipinski definition) is 4. The van der Waals surface area contributed by atoms with Crippen LogP contribution in [0.5, 0.6) is 0 Å². The number of hydrogen-bond donors (Lipinski definition) is 1. The fourth-order valence-electron chi connectivity index (χ4n) is 3.14. The summed E-state index contributed by atoms with van der Waals surface area (Å²) in [6.45, 7) is 4.02. The topological polar surface area (TPSA) is 58.1 Å². The third-order valence-corrected chi connectivity index (χ3v) is 4.75. The molecular formula is C19H23ClN4O. The number of benzene rings is 1. The van der Waals surface area contributed by atoms with E-state index in [1.807, 2.05) is 25.1 Å². The van der Waals surface area contributed by atoms with Crippen LogP contribution in [0, 0.1) is 0 Å². The number of nitrogens with zero attached hydrogens (tertiary/aromatic N) is 3. The number of anilines is 1. The van der Waals surface area contributed by atoms with Gasteiger partial charge in [-0.1, -0.05) is 11.6 Å². The van der Waals surface area contributed by atoms with Gasteiger partial charge < -0.3 is 10.2 Å².